The maximum Gasteiger partial charge on any atom is 0.277 e. The van der Waals surface area contributed by atoms with Crippen LogP contribution >= 0.6 is 23.4 Å². The predicted octanol–water partition coefficient (Wildman–Crippen LogP) is 7.56. The van der Waals surface area contributed by atoms with E-state index in [0.717, 1.165) is 45.3 Å². The average molecular weight is 592 g/mol. The zero-order valence-corrected chi connectivity index (χ0v) is 23.5. The number of nitrogens with one attached hydrogen (secondary N) is 2. The van der Waals surface area contributed by atoms with Gasteiger partial charge in [-0.05, 0) is 78.4 Å². The molecule has 0 saturated heterocycles. The third-order valence-corrected chi connectivity index (χ3v) is 7.33. The van der Waals surface area contributed by atoms with Crippen molar-refractivity contribution >= 4 is 57.9 Å². The number of halogens is 1. The Labute approximate surface area is 249 Å². The van der Waals surface area contributed by atoms with E-state index in [4.69, 9.17) is 16.0 Å². The van der Waals surface area contributed by atoms with Gasteiger partial charge in [0.1, 0.15) is 5.82 Å². The molecule has 0 aliphatic carbocycles. The zero-order chi connectivity index (χ0) is 28.9. The minimum Gasteiger partial charge on any atom is -0.411 e. The first-order chi connectivity index (χ1) is 20.5. The van der Waals surface area contributed by atoms with Crippen molar-refractivity contribution in [3.63, 3.8) is 0 Å². The number of allylic oxidation sites excluding steroid dienone is 1. The van der Waals surface area contributed by atoms with E-state index < -0.39 is 0 Å². The average Bonchev–Trinajstić information content (AvgIpc) is 3.67. The van der Waals surface area contributed by atoms with Crippen LogP contribution in [0.1, 0.15) is 15.9 Å². The maximum absolute atomic E-state index is 12.5. The number of hydrogen-bond donors (Lipinski definition) is 2. The van der Waals surface area contributed by atoms with Crippen molar-refractivity contribution in [2.45, 2.75) is 5.22 Å². The fourth-order valence-electron chi connectivity index (χ4n) is 4.15. The first kappa shape index (κ1) is 27.2. The molecule has 6 aromatic rings. The van der Waals surface area contributed by atoms with Crippen LogP contribution in [0.15, 0.2) is 113 Å². The van der Waals surface area contributed by atoms with Crippen LogP contribution in [0.2, 0.25) is 5.02 Å². The molecule has 0 saturated carbocycles. The summed E-state index contributed by atoms with van der Waals surface area (Å²) in [6.45, 7) is 0. The molecule has 8 nitrogen and oxygen atoms in total. The number of aromatic amines is 1. The monoisotopic (exact) mass is 591 g/mol. The van der Waals surface area contributed by atoms with Crippen LogP contribution < -0.4 is 5.32 Å². The van der Waals surface area contributed by atoms with E-state index in [1.165, 1.54) is 6.08 Å². The third-order valence-electron chi connectivity index (χ3n) is 6.26. The number of fused-ring (bicyclic) bond motifs is 1. The molecule has 0 unspecified atom stereocenters. The van der Waals surface area contributed by atoms with Gasteiger partial charge in [0, 0.05) is 27.4 Å². The van der Waals surface area contributed by atoms with Gasteiger partial charge in [-0.2, -0.15) is 0 Å². The molecule has 0 aliphatic heterocycles. The number of rotatable bonds is 9. The molecule has 0 spiro atoms. The van der Waals surface area contributed by atoms with E-state index in [1.807, 2.05) is 72.8 Å². The highest BCUT2D eigenvalue weighted by atomic mass is 35.5. The number of carbonyl (C=O) groups excluding carboxylic acids is 2. The number of benzene rings is 4. The summed E-state index contributed by atoms with van der Waals surface area (Å²) in [7, 11) is 0. The summed E-state index contributed by atoms with van der Waals surface area (Å²) < 4.78 is 5.79. The number of ketones is 1. The molecule has 2 heterocycles. The standard InChI is InChI=1S/C32H22ClN5O3S/c33-24-12-7-22(8-13-24)30-35-26-16-11-23(18-27(26)36-30)31-37-38-32(41-31)42-19-29(40)34-25-14-9-21(10-15-25)28(39)17-6-20-4-2-1-3-5-20/h1-18H,19H2,(H,34,40)(H,35,36)/b17-6+. The Kier molecular flexibility index (Phi) is 7.94. The van der Waals surface area contributed by atoms with Crippen molar-refractivity contribution in [3.8, 4) is 22.8 Å². The summed E-state index contributed by atoms with van der Waals surface area (Å²) in [4.78, 5) is 32.9. The lowest BCUT2D eigenvalue weighted by Crippen LogP contribution is -2.14. The van der Waals surface area contributed by atoms with Crippen molar-refractivity contribution in [1.29, 1.82) is 0 Å². The van der Waals surface area contributed by atoms with Gasteiger partial charge in [-0.15, -0.1) is 10.2 Å². The molecule has 42 heavy (non-hydrogen) atoms. The van der Waals surface area contributed by atoms with Gasteiger partial charge in [-0.1, -0.05) is 59.8 Å². The van der Waals surface area contributed by atoms with Crippen molar-refractivity contribution < 1.29 is 14.0 Å². The van der Waals surface area contributed by atoms with E-state index in [-0.39, 0.29) is 22.7 Å². The maximum atomic E-state index is 12.5. The van der Waals surface area contributed by atoms with Gasteiger partial charge in [-0.3, -0.25) is 9.59 Å². The molecule has 1 amide bonds. The minimum atomic E-state index is -0.239. The molecule has 2 aromatic heterocycles. The highest BCUT2D eigenvalue weighted by Crippen LogP contribution is 2.28. The molecule has 0 bridgehead atoms. The summed E-state index contributed by atoms with van der Waals surface area (Å²) in [5, 5.41) is 12.0. The van der Waals surface area contributed by atoms with Crippen LogP contribution in [0.4, 0.5) is 5.69 Å². The fraction of sp³-hybridized carbons (Fsp3) is 0.0312. The Hall–Kier alpha value is -4.99. The van der Waals surface area contributed by atoms with Crippen LogP contribution in [0, 0.1) is 0 Å². The topological polar surface area (TPSA) is 114 Å². The van der Waals surface area contributed by atoms with Gasteiger partial charge >= 0.3 is 0 Å². The number of carbonyl (C=O) groups is 2. The second kappa shape index (κ2) is 12.3. The van der Waals surface area contributed by atoms with Gasteiger partial charge in [0.25, 0.3) is 5.22 Å². The normalized spacial score (nSPS) is 11.3. The zero-order valence-electron chi connectivity index (χ0n) is 22.0. The Morgan fingerprint density at radius 1 is 0.905 bits per heavy atom. The molecular formula is C32H22ClN5O3S. The lowest BCUT2D eigenvalue weighted by atomic mass is 10.1. The number of anilines is 1. The summed E-state index contributed by atoms with van der Waals surface area (Å²) in [6.07, 6.45) is 3.30. The molecule has 206 valence electrons. The van der Waals surface area contributed by atoms with Crippen LogP contribution in [-0.2, 0) is 4.79 Å². The molecule has 0 atom stereocenters. The van der Waals surface area contributed by atoms with Gasteiger partial charge in [0.05, 0.1) is 16.8 Å². The fourth-order valence-corrected chi connectivity index (χ4v) is 4.84. The summed E-state index contributed by atoms with van der Waals surface area (Å²) >= 11 is 7.13. The van der Waals surface area contributed by atoms with Crippen LogP contribution in [0.25, 0.3) is 40.0 Å². The SMILES string of the molecule is O=C(CSc1nnc(-c2ccc3nc(-c4ccc(Cl)cc4)[nH]c3c2)o1)Nc1ccc(C(=O)/C=C/c2ccccc2)cc1. The van der Waals surface area contributed by atoms with Gasteiger partial charge < -0.3 is 14.7 Å². The van der Waals surface area contributed by atoms with Crippen molar-refractivity contribution in [3.05, 3.63) is 119 Å². The lowest BCUT2D eigenvalue weighted by molar-refractivity contribution is -0.113. The Morgan fingerprint density at radius 2 is 1.67 bits per heavy atom. The largest absolute Gasteiger partial charge is 0.411 e. The lowest BCUT2D eigenvalue weighted by Gasteiger charge is -2.04. The first-order valence-electron chi connectivity index (χ1n) is 12.9. The number of aromatic nitrogens is 4. The molecule has 4 aromatic carbocycles. The van der Waals surface area contributed by atoms with Crippen molar-refractivity contribution in [2.75, 3.05) is 11.1 Å². The Balaban J connectivity index is 1.04. The van der Waals surface area contributed by atoms with E-state index >= 15 is 0 Å². The molecule has 2 N–H and O–H groups in total. The van der Waals surface area contributed by atoms with Crippen LogP contribution in [-0.4, -0.2) is 37.6 Å². The first-order valence-corrected chi connectivity index (χ1v) is 14.3. The molecule has 0 fully saturated rings. The van der Waals surface area contributed by atoms with E-state index in [1.54, 1.807) is 30.3 Å². The molecule has 6 rings (SSSR count). The second-order valence-corrected chi connectivity index (χ2v) is 10.6. The smallest absolute Gasteiger partial charge is 0.277 e. The third kappa shape index (κ3) is 6.49. The summed E-state index contributed by atoms with van der Waals surface area (Å²) in [5.41, 5.74) is 5.34. The number of H-pyrrole nitrogens is 1. The number of nitrogens with zero attached hydrogens (tertiary/aromatic N) is 3. The molecular weight excluding hydrogens is 570 g/mol. The van der Waals surface area contributed by atoms with E-state index in [0.29, 0.717) is 22.2 Å². The number of hydrogen-bond acceptors (Lipinski definition) is 7. The summed E-state index contributed by atoms with van der Waals surface area (Å²) in [5.74, 6) is 0.785. The van der Waals surface area contributed by atoms with Gasteiger partial charge in [0.2, 0.25) is 11.8 Å². The predicted molar refractivity (Wildman–Crippen MR) is 165 cm³/mol. The van der Waals surface area contributed by atoms with Gasteiger partial charge in [0.15, 0.2) is 5.78 Å². The van der Waals surface area contributed by atoms with Crippen LogP contribution in [0.5, 0.6) is 0 Å². The quantitative estimate of drug-likeness (QED) is 0.101. The van der Waals surface area contributed by atoms with Crippen LogP contribution in [0.3, 0.4) is 0 Å². The van der Waals surface area contributed by atoms with Crippen molar-refractivity contribution in [1.82, 2.24) is 20.2 Å². The molecule has 0 radical (unpaired) electrons. The van der Waals surface area contributed by atoms with E-state index in [2.05, 4.69) is 25.5 Å². The number of amides is 1. The molecule has 0 aliphatic rings. The molecule has 10 heteroatoms. The Bertz CT molecular complexity index is 1900. The Morgan fingerprint density at radius 3 is 2.45 bits per heavy atom. The number of thioether (sulfide) groups is 1. The van der Waals surface area contributed by atoms with E-state index in [9.17, 15) is 9.59 Å². The van der Waals surface area contributed by atoms with Gasteiger partial charge in [-0.25, -0.2) is 4.98 Å². The van der Waals surface area contributed by atoms with Crippen molar-refractivity contribution in [2.24, 2.45) is 0 Å². The minimum absolute atomic E-state index is 0.0756. The number of imidazole rings is 1. The second-order valence-electron chi connectivity index (χ2n) is 9.22. The summed E-state index contributed by atoms with van der Waals surface area (Å²) in [6, 6.07) is 29.4. The highest BCUT2D eigenvalue weighted by molar-refractivity contribution is 7.99. The highest BCUT2D eigenvalue weighted by Gasteiger charge is 2.14.